The van der Waals surface area contributed by atoms with Crippen LogP contribution in [0.4, 0.5) is 4.39 Å². The topological polar surface area (TPSA) is 63.2 Å². The molecule has 138 valence electrons. The Labute approximate surface area is 157 Å². The van der Waals surface area contributed by atoms with E-state index in [1.54, 1.807) is 24.3 Å². The third kappa shape index (κ3) is 4.65. The lowest BCUT2D eigenvalue weighted by atomic mass is 10.1. The summed E-state index contributed by atoms with van der Waals surface area (Å²) >= 11 is 1.44. The first kappa shape index (κ1) is 18.9. The van der Waals surface area contributed by atoms with E-state index in [0.717, 1.165) is 10.5 Å². The van der Waals surface area contributed by atoms with Crippen LogP contribution in [0, 0.1) is 5.82 Å². The van der Waals surface area contributed by atoms with Crippen molar-refractivity contribution in [3.05, 3.63) is 65.5 Å². The average molecular weight is 394 g/mol. The fourth-order valence-corrected chi connectivity index (χ4v) is 6.53. The molecule has 1 aliphatic heterocycles. The number of hydrogen-bond donors (Lipinski definition) is 1. The summed E-state index contributed by atoms with van der Waals surface area (Å²) in [4.78, 5) is 13.5. The lowest BCUT2D eigenvalue weighted by molar-refractivity contribution is 0.0937. The molecule has 1 fully saturated rings. The minimum absolute atomic E-state index is 0.0246. The highest BCUT2D eigenvalue weighted by Crippen LogP contribution is 2.33. The van der Waals surface area contributed by atoms with Crippen molar-refractivity contribution in [2.75, 3.05) is 11.5 Å². The van der Waals surface area contributed by atoms with Crippen LogP contribution in [0.15, 0.2) is 53.4 Å². The van der Waals surface area contributed by atoms with E-state index in [-0.39, 0.29) is 34.5 Å². The predicted molar refractivity (Wildman–Crippen MR) is 102 cm³/mol. The molecule has 1 heterocycles. The summed E-state index contributed by atoms with van der Waals surface area (Å²) in [6, 6.07) is 12.9. The Morgan fingerprint density at radius 3 is 2.54 bits per heavy atom. The second-order valence-electron chi connectivity index (χ2n) is 6.39. The van der Waals surface area contributed by atoms with Crippen LogP contribution in [-0.2, 0) is 9.84 Å². The quantitative estimate of drug-likeness (QED) is 0.843. The van der Waals surface area contributed by atoms with Crippen molar-refractivity contribution in [2.45, 2.75) is 29.5 Å². The van der Waals surface area contributed by atoms with Crippen LogP contribution in [0.1, 0.15) is 35.3 Å². The van der Waals surface area contributed by atoms with Gasteiger partial charge in [0.15, 0.2) is 9.84 Å². The number of carbonyl (C=O) groups is 1. The Kier molecular flexibility index (Phi) is 5.67. The molecule has 0 spiro atoms. The third-order valence-corrected chi connectivity index (χ3v) is 7.66. The number of rotatable bonds is 5. The molecule has 1 amide bonds. The largest absolute Gasteiger partial charge is 0.345 e. The third-order valence-electron chi connectivity index (χ3n) is 4.33. The smallest absolute Gasteiger partial charge is 0.252 e. The molecule has 7 heteroatoms. The van der Waals surface area contributed by atoms with Crippen molar-refractivity contribution in [1.29, 1.82) is 0 Å². The number of sulfone groups is 1. The van der Waals surface area contributed by atoms with Gasteiger partial charge in [0.2, 0.25) is 0 Å². The van der Waals surface area contributed by atoms with Gasteiger partial charge < -0.3 is 5.32 Å². The Bertz CT molecular complexity index is 897. The van der Waals surface area contributed by atoms with Gasteiger partial charge in [-0.1, -0.05) is 24.3 Å². The normalized spacial score (nSPS) is 19.8. The number of benzene rings is 2. The molecule has 1 saturated heterocycles. The summed E-state index contributed by atoms with van der Waals surface area (Å²) in [7, 11) is -2.96. The maximum absolute atomic E-state index is 13.0. The molecule has 4 nitrogen and oxygen atoms in total. The maximum Gasteiger partial charge on any atom is 0.252 e. The minimum Gasteiger partial charge on any atom is -0.345 e. The molecule has 2 aromatic rings. The first-order valence-electron chi connectivity index (χ1n) is 8.36. The standard InChI is InChI=1S/C19H20FNO3S2/c1-13(14-6-8-15(20)9-7-14)21-19(22)17-4-2-3-5-18(17)25-16-10-11-26(23,24)12-16/h2-9,13,16H,10-12H2,1H3,(H,21,22)/t13-,16-/m0/s1. The van der Waals surface area contributed by atoms with Gasteiger partial charge in [0, 0.05) is 10.1 Å². The highest BCUT2D eigenvalue weighted by molar-refractivity contribution is 8.02. The van der Waals surface area contributed by atoms with Gasteiger partial charge in [0.1, 0.15) is 5.82 Å². The summed E-state index contributed by atoms with van der Waals surface area (Å²) in [5, 5.41) is 2.90. The fraction of sp³-hybridized carbons (Fsp3) is 0.316. The summed E-state index contributed by atoms with van der Waals surface area (Å²) in [5.41, 5.74) is 1.34. The van der Waals surface area contributed by atoms with Crippen LogP contribution in [0.3, 0.4) is 0 Å². The molecule has 0 aliphatic carbocycles. The highest BCUT2D eigenvalue weighted by Gasteiger charge is 2.29. The van der Waals surface area contributed by atoms with E-state index in [4.69, 9.17) is 0 Å². The second-order valence-corrected chi connectivity index (χ2v) is 9.96. The molecule has 26 heavy (non-hydrogen) atoms. The molecule has 2 aromatic carbocycles. The van der Waals surface area contributed by atoms with Crippen LogP contribution in [0.5, 0.6) is 0 Å². The van der Waals surface area contributed by atoms with Gasteiger partial charge in [-0.3, -0.25) is 4.79 Å². The molecule has 2 atom stereocenters. The lowest BCUT2D eigenvalue weighted by Gasteiger charge is -2.17. The minimum atomic E-state index is -2.96. The zero-order chi connectivity index (χ0) is 18.7. The van der Waals surface area contributed by atoms with Gasteiger partial charge in [-0.15, -0.1) is 11.8 Å². The molecule has 1 aliphatic rings. The molecule has 3 rings (SSSR count). The van der Waals surface area contributed by atoms with E-state index in [1.165, 1.54) is 23.9 Å². The molecule has 1 N–H and O–H groups in total. The molecular weight excluding hydrogens is 373 g/mol. The average Bonchev–Trinajstić information content (AvgIpc) is 2.94. The van der Waals surface area contributed by atoms with Gasteiger partial charge in [0.25, 0.3) is 5.91 Å². The summed E-state index contributed by atoms with van der Waals surface area (Å²) in [6.07, 6.45) is 0.606. The molecule has 0 bridgehead atoms. The Balaban J connectivity index is 1.72. The SMILES string of the molecule is C[C@H](NC(=O)c1ccccc1S[C@H]1CCS(=O)(=O)C1)c1ccc(F)cc1. The van der Waals surface area contributed by atoms with Gasteiger partial charge in [-0.05, 0) is 43.2 Å². The van der Waals surface area contributed by atoms with E-state index in [2.05, 4.69) is 5.32 Å². The first-order valence-corrected chi connectivity index (χ1v) is 11.1. The zero-order valence-electron chi connectivity index (χ0n) is 14.3. The Morgan fingerprint density at radius 2 is 1.88 bits per heavy atom. The van der Waals surface area contributed by atoms with Crippen LogP contribution >= 0.6 is 11.8 Å². The summed E-state index contributed by atoms with van der Waals surface area (Å²) in [6.45, 7) is 1.84. The maximum atomic E-state index is 13.0. The number of hydrogen-bond acceptors (Lipinski definition) is 4. The fourth-order valence-electron chi connectivity index (χ4n) is 2.90. The summed E-state index contributed by atoms with van der Waals surface area (Å²) in [5.74, 6) is -0.188. The van der Waals surface area contributed by atoms with Gasteiger partial charge in [0.05, 0.1) is 23.1 Å². The van der Waals surface area contributed by atoms with Gasteiger partial charge in [-0.25, -0.2) is 12.8 Å². The van der Waals surface area contributed by atoms with Gasteiger partial charge in [-0.2, -0.15) is 0 Å². The molecule has 0 radical (unpaired) electrons. The van der Waals surface area contributed by atoms with E-state index >= 15 is 0 Å². The van der Waals surface area contributed by atoms with Crippen molar-refractivity contribution in [2.24, 2.45) is 0 Å². The van der Waals surface area contributed by atoms with Crippen LogP contribution in [0.25, 0.3) is 0 Å². The number of nitrogens with one attached hydrogen (secondary N) is 1. The Morgan fingerprint density at radius 1 is 1.19 bits per heavy atom. The van der Waals surface area contributed by atoms with Crippen molar-refractivity contribution < 1.29 is 17.6 Å². The van der Waals surface area contributed by atoms with E-state index in [1.807, 2.05) is 19.1 Å². The van der Waals surface area contributed by atoms with E-state index in [9.17, 15) is 17.6 Å². The second kappa shape index (κ2) is 7.80. The predicted octanol–water partition coefficient (Wildman–Crippen LogP) is 3.60. The monoisotopic (exact) mass is 393 g/mol. The summed E-state index contributed by atoms with van der Waals surface area (Å²) < 4.78 is 36.4. The van der Waals surface area contributed by atoms with Crippen molar-refractivity contribution >= 4 is 27.5 Å². The zero-order valence-corrected chi connectivity index (χ0v) is 15.9. The van der Waals surface area contributed by atoms with Crippen LogP contribution in [-0.4, -0.2) is 31.1 Å². The molecule has 0 saturated carbocycles. The highest BCUT2D eigenvalue weighted by atomic mass is 32.2. The molecule has 0 aromatic heterocycles. The van der Waals surface area contributed by atoms with Crippen molar-refractivity contribution in [3.8, 4) is 0 Å². The molecular formula is C19H20FNO3S2. The van der Waals surface area contributed by atoms with Crippen molar-refractivity contribution in [1.82, 2.24) is 5.32 Å². The Hall–Kier alpha value is -1.86. The molecule has 0 unspecified atom stereocenters. The first-order chi connectivity index (χ1) is 12.3. The van der Waals surface area contributed by atoms with E-state index in [0.29, 0.717) is 12.0 Å². The van der Waals surface area contributed by atoms with Crippen molar-refractivity contribution in [3.63, 3.8) is 0 Å². The number of amides is 1. The van der Waals surface area contributed by atoms with Gasteiger partial charge >= 0.3 is 0 Å². The number of carbonyl (C=O) groups excluding carboxylic acids is 1. The number of halogens is 1. The number of thioether (sulfide) groups is 1. The van der Waals surface area contributed by atoms with Crippen LogP contribution < -0.4 is 5.32 Å². The lowest BCUT2D eigenvalue weighted by Crippen LogP contribution is -2.27. The van der Waals surface area contributed by atoms with Crippen LogP contribution in [0.2, 0.25) is 0 Å². The van der Waals surface area contributed by atoms with E-state index < -0.39 is 9.84 Å².